The van der Waals surface area contributed by atoms with Crippen LogP contribution in [0.2, 0.25) is 0 Å². The van der Waals surface area contributed by atoms with Crippen LogP contribution in [0.4, 0.5) is 0 Å². The van der Waals surface area contributed by atoms with E-state index in [4.69, 9.17) is 4.98 Å². The number of hydrogen-bond acceptors (Lipinski definition) is 1. The number of rotatable bonds is 5. The van der Waals surface area contributed by atoms with Crippen molar-refractivity contribution in [3.8, 4) is 0 Å². The van der Waals surface area contributed by atoms with E-state index in [9.17, 15) is 0 Å². The van der Waals surface area contributed by atoms with Crippen LogP contribution < -0.4 is 0 Å². The lowest BCUT2D eigenvalue weighted by Gasteiger charge is -2.19. The molecule has 0 N–H and O–H groups in total. The van der Waals surface area contributed by atoms with Gasteiger partial charge in [0.05, 0.1) is 11.0 Å². The molecule has 1 aromatic heterocycles. The van der Waals surface area contributed by atoms with Crippen molar-refractivity contribution in [2.24, 2.45) is 0 Å². The maximum Gasteiger partial charge on any atom is 0.117 e. The van der Waals surface area contributed by atoms with Crippen LogP contribution in [-0.4, -0.2) is 9.55 Å². The van der Waals surface area contributed by atoms with E-state index in [1.165, 1.54) is 16.6 Å². The topological polar surface area (TPSA) is 17.8 Å². The number of benzene rings is 3. The largest absolute Gasteiger partial charge is 0.327 e. The zero-order chi connectivity index (χ0) is 17.9. The first-order chi connectivity index (χ1) is 12.7. The minimum atomic E-state index is 0.256. The first-order valence-corrected chi connectivity index (χ1v) is 9.29. The standard InChI is InChI=1S/C24H24N2/c1-18(20-11-5-3-6-12-20)17-26-23-16-10-9-15-22(23)25-24(26)19(2)21-13-7-4-8-14-21/h3-16,18-19H,17H2,1-2H3. The highest BCUT2D eigenvalue weighted by molar-refractivity contribution is 5.76. The van der Waals surface area contributed by atoms with E-state index in [1.54, 1.807) is 0 Å². The second kappa shape index (κ2) is 7.17. The molecular weight excluding hydrogens is 316 g/mol. The molecule has 2 unspecified atom stereocenters. The number of para-hydroxylation sites is 2. The Kier molecular flexibility index (Phi) is 4.57. The van der Waals surface area contributed by atoms with Crippen molar-refractivity contribution >= 4 is 11.0 Å². The van der Waals surface area contributed by atoms with Gasteiger partial charge in [0.2, 0.25) is 0 Å². The molecule has 26 heavy (non-hydrogen) atoms. The minimum Gasteiger partial charge on any atom is -0.327 e. The fraction of sp³-hybridized carbons (Fsp3) is 0.208. The smallest absolute Gasteiger partial charge is 0.117 e. The lowest BCUT2D eigenvalue weighted by Crippen LogP contribution is -2.12. The van der Waals surface area contributed by atoms with E-state index in [0.29, 0.717) is 5.92 Å². The summed E-state index contributed by atoms with van der Waals surface area (Å²) in [5.74, 6) is 1.82. The molecule has 0 aliphatic carbocycles. The van der Waals surface area contributed by atoms with Gasteiger partial charge in [0.1, 0.15) is 5.82 Å². The maximum absolute atomic E-state index is 5.00. The van der Waals surface area contributed by atoms with Gasteiger partial charge in [-0.1, -0.05) is 86.6 Å². The van der Waals surface area contributed by atoms with Crippen LogP contribution in [-0.2, 0) is 6.54 Å². The second-order valence-corrected chi connectivity index (χ2v) is 7.01. The van der Waals surface area contributed by atoms with Crippen molar-refractivity contribution < 1.29 is 0 Å². The van der Waals surface area contributed by atoms with Crippen LogP contribution in [0.25, 0.3) is 11.0 Å². The lowest BCUT2D eigenvalue weighted by atomic mass is 9.98. The van der Waals surface area contributed by atoms with Gasteiger partial charge in [-0.3, -0.25) is 0 Å². The molecule has 0 aliphatic heterocycles. The second-order valence-electron chi connectivity index (χ2n) is 7.01. The van der Waals surface area contributed by atoms with Crippen molar-refractivity contribution in [1.82, 2.24) is 9.55 Å². The molecule has 0 bridgehead atoms. The van der Waals surface area contributed by atoms with Gasteiger partial charge < -0.3 is 4.57 Å². The van der Waals surface area contributed by atoms with Crippen molar-refractivity contribution in [3.63, 3.8) is 0 Å². The highest BCUT2D eigenvalue weighted by Crippen LogP contribution is 2.29. The summed E-state index contributed by atoms with van der Waals surface area (Å²) < 4.78 is 2.41. The molecule has 0 amide bonds. The average Bonchev–Trinajstić information content (AvgIpc) is 3.07. The minimum absolute atomic E-state index is 0.256. The Morgan fingerprint density at radius 2 is 1.31 bits per heavy atom. The summed E-state index contributed by atoms with van der Waals surface area (Å²) in [4.78, 5) is 5.00. The van der Waals surface area contributed by atoms with Crippen LogP contribution in [0.15, 0.2) is 84.9 Å². The highest BCUT2D eigenvalue weighted by Gasteiger charge is 2.19. The monoisotopic (exact) mass is 340 g/mol. The van der Waals surface area contributed by atoms with Crippen LogP contribution in [0.3, 0.4) is 0 Å². The predicted molar refractivity (Wildman–Crippen MR) is 109 cm³/mol. The van der Waals surface area contributed by atoms with Crippen molar-refractivity contribution in [1.29, 1.82) is 0 Å². The summed E-state index contributed by atoms with van der Waals surface area (Å²) >= 11 is 0. The SMILES string of the molecule is CC(Cn1c(C(C)c2ccccc2)nc2ccccc21)c1ccccc1. The summed E-state index contributed by atoms with van der Waals surface area (Å²) in [6.45, 7) is 5.47. The van der Waals surface area contributed by atoms with Crippen LogP contribution in [0, 0.1) is 0 Å². The highest BCUT2D eigenvalue weighted by atomic mass is 15.1. The van der Waals surface area contributed by atoms with Crippen LogP contribution in [0.5, 0.6) is 0 Å². The van der Waals surface area contributed by atoms with E-state index >= 15 is 0 Å². The Labute approximate surface area is 155 Å². The fourth-order valence-corrected chi connectivity index (χ4v) is 3.67. The molecule has 2 heteroatoms. The van der Waals surface area contributed by atoms with Crippen molar-refractivity contribution in [3.05, 3.63) is 102 Å². The summed E-state index contributed by atoms with van der Waals surface area (Å²) in [6, 6.07) is 29.8. The number of nitrogens with zero attached hydrogens (tertiary/aromatic N) is 2. The lowest BCUT2D eigenvalue weighted by molar-refractivity contribution is 0.575. The molecule has 4 aromatic rings. The third kappa shape index (κ3) is 3.15. The van der Waals surface area contributed by atoms with Gasteiger partial charge in [-0.25, -0.2) is 4.98 Å². The third-order valence-electron chi connectivity index (χ3n) is 5.20. The normalized spacial score (nSPS) is 13.6. The van der Waals surface area contributed by atoms with E-state index < -0.39 is 0 Å². The van der Waals surface area contributed by atoms with E-state index in [0.717, 1.165) is 17.9 Å². The summed E-state index contributed by atoms with van der Waals surface area (Å²) in [6.07, 6.45) is 0. The number of fused-ring (bicyclic) bond motifs is 1. The number of hydrogen-bond donors (Lipinski definition) is 0. The molecule has 1 heterocycles. The Morgan fingerprint density at radius 3 is 2.00 bits per heavy atom. The van der Waals surface area contributed by atoms with Crippen molar-refractivity contribution in [2.75, 3.05) is 0 Å². The van der Waals surface area contributed by atoms with Gasteiger partial charge in [-0.05, 0) is 29.2 Å². The van der Waals surface area contributed by atoms with Gasteiger partial charge in [-0.2, -0.15) is 0 Å². The summed E-state index contributed by atoms with van der Waals surface area (Å²) in [7, 11) is 0. The molecular formula is C24H24N2. The predicted octanol–water partition coefficient (Wildman–Crippen LogP) is 5.99. The molecule has 0 radical (unpaired) electrons. The Balaban J connectivity index is 1.77. The maximum atomic E-state index is 5.00. The van der Waals surface area contributed by atoms with Crippen molar-refractivity contribution in [2.45, 2.75) is 32.2 Å². The molecule has 0 spiro atoms. The van der Waals surface area contributed by atoms with E-state index in [1.807, 2.05) is 0 Å². The zero-order valence-electron chi connectivity index (χ0n) is 15.3. The summed E-state index contributed by atoms with van der Waals surface area (Å²) in [5.41, 5.74) is 4.96. The van der Waals surface area contributed by atoms with Gasteiger partial charge >= 0.3 is 0 Å². The Morgan fingerprint density at radius 1 is 0.731 bits per heavy atom. The molecule has 2 nitrogen and oxygen atoms in total. The molecule has 3 aromatic carbocycles. The molecule has 2 atom stereocenters. The molecule has 0 saturated heterocycles. The fourth-order valence-electron chi connectivity index (χ4n) is 3.67. The molecule has 0 aliphatic rings. The number of imidazole rings is 1. The van der Waals surface area contributed by atoms with Gasteiger partial charge in [-0.15, -0.1) is 0 Å². The molecule has 4 rings (SSSR count). The Hall–Kier alpha value is -2.87. The quantitative estimate of drug-likeness (QED) is 0.436. The zero-order valence-corrected chi connectivity index (χ0v) is 15.3. The molecule has 0 saturated carbocycles. The first kappa shape index (κ1) is 16.6. The van der Waals surface area contributed by atoms with Gasteiger partial charge in [0.25, 0.3) is 0 Å². The van der Waals surface area contributed by atoms with E-state index in [2.05, 4.69) is 103 Å². The van der Waals surface area contributed by atoms with E-state index in [-0.39, 0.29) is 5.92 Å². The van der Waals surface area contributed by atoms with Crippen LogP contribution in [0.1, 0.15) is 42.6 Å². The molecule has 130 valence electrons. The van der Waals surface area contributed by atoms with Gasteiger partial charge in [0.15, 0.2) is 0 Å². The third-order valence-corrected chi connectivity index (χ3v) is 5.20. The first-order valence-electron chi connectivity index (χ1n) is 9.29. The van der Waals surface area contributed by atoms with Gasteiger partial charge in [0, 0.05) is 12.5 Å². The van der Waals surface area contributed by atoms with Crippen LogP contribution >= 0.6 is 0 Å². The number of aromatic nitrogens is 2. The average molecular weight is 340 g/mol. The Bertz CT molecular complexity index is 987. The molecule has 0 fully saturated rings. The summed E-state index contributed by atoms with van der Waals surface area (Å²) in [5, 5.41) is 0.